The van der Waals surface area contributed by atoms with Crippen LogP contribution in [0.3, 0.4) is 0 Å². The Balaban J connectivity index is 1.90. The second-order valence-corrected chi connectivity index (χ2v) is 6.04. The van der Waals surface area contributed by atoms with E-state index in [1.165, 1.54) is 11.8 Å². The van der Waals surface area contributed by atoms with Gasteiger partial charge in [-0.25, -0.2) is 0 Å². The van der Waals surface area contributed by atoms with Crippen LogP contribution in [0.15, 0.2) is 39.6 Å². The van der Waals surface area contributed by atoms with Gasteiger partial charge in [0.15, 0.2) is 0 Å². The molecule has 2 rings (SSSR count). The first-order valence-electron chi connectivity index (χ1n) is 6.74. The van der Waals surface area contributed by atoms with E-state index < -0.39 is 0 Å². The third-order valence-electron chi connectivity index (χ3n) is 3.29. The number of hydrogen-bond donors (Lipinski definition) is 1. The summed E-state index contributed by atoms with van der Waals surface area (Å²) in [6.45, 7) is 4.35. The first-order chi connectivity index (χ1) is 9.97. The maximum absolute atomic E-state index is 12.2. The zero-order valence-corrected chi connectivity index (χ0v) is 13.4. The molecular formula is C16H20N2O2S. The topological polar surface area (TPSA) is 59.5 Å². The average Bonchev–Trinajstić information content (AvgIpc) is 2.85. The number of thioether (sulfide) groups is 1. The minimum atomic E-state index is 0.0656. The van der Waals surface area contributed by atoms with Crippen molar-refractivity contribution in [2.75, 3.05) is 18.5 Å². The highest BCUT2D eigenvalue weighted by molar-refractivity contribution is 8.00. The van der Waals surface area contributed by atoms with Gasteiger partial charge in [-0.15, -0.1) is 11.8 Å². The van der Waals surface area contributed by atoms with Gasteiger partial charge in [0.25, 0.3) is 0 Å². The Morgan fingerprint density at radius 1 is 1.29 bits per heavy atom. The Morgan fingerprint density at radius 2 is 2.05 bits per heavy atom. The number of nitrogens with zero attached hydrogens (tertiary/aromatic N) is 1. The summed E-state index contributed by atoms with van der Waals surface area (Å²) in [7, 11) is 1.78. The lowest BCUT2D eigenvalue weighted by atomic mass is 10.2. The van der Waals surface area contributed by atoms with Crippen LogP contribution in [0.4, 0.5) is 5.69 Å². The predicted molar refractivity (Wildman–Crippen MR) is 86.2 cm³/mol. The summed E-state index contributed by atoms with van der Waals surface area (Å²) in [4.78, 5) is 14.9. The Bertz CT molecular complexity index is 637. The average molecular weight is 304 g/mol. The number of amides is 1. The minimum absolute atomic E-state index is 0.0656. The van der Waals surface area contributed by atoms with Crippen LogP contribution in [-0.2, 0) is 11.3 Å². The van der Waals surface area contributed by atoms with Crippen molar-refractivity contribution >= 4 is 23.4 Å². The molecule has 0 aliphatic rings. The first-order valence-corrected chi connectivity index (χ1v) is 7.73. The quantitative estimate of drug-likeness (QED) is 0.680. The SMILES string of the molecule is Cc1ccc(CN(C)C(=O)CSc2cccc(N)c2C)o1. The highest BCUT2D eigenvalue weighted by Gasteiger charge is 2.12. The summed E-state index contributed by atoms with van der Waals surface area (Å²) in [6.07, 6.45) is 0. The highest BCUT2D eigenvalue weighted by atomic mass is 32.2. The van der Waals surface area contributed by atoms with Crippen molar-refractivity contribution in [3.8, 4) is 0 Å². The zero-order chi connectivity index (χ0) is 15.4. The van der Waals surface area contributed by atoms with Crippen molar-refractivity contribution in [3.63, 3.8) is 0 Å². The number of carbonyl (C=O) groups excluding carboxylic acids is 1. The summed E-state index contributed by atoms with van der Waals surface area (Å²) in [5.41, 5.74) is 7.65. The van der Waals surface area contributed by atoms with E-state index in [-0.39, 0.29) is 5.91 Å². The molecule has 21 heavy (non-hydrogen) atoms. The van der Waals surface area contributed by atoms with Crippen molar-refractivity contribution in [3.05, 3.63) is 47.4 Å². The number of furan rings is 1. The van der Waals surface area contributed by atoms with Gasteiger partial charge in [0.1, 0.15) is 11.5 Å². The van der Waals surface area contributed by atoms with Gasteiger partial charge in [0.2, 0.25) is 5.91 Å². The Hall–Kier alpha value is -1.88. The zero-order valence-electron chi connectivity index (χ0n) is 12.6. The summed E-state index contributed by atoms with van der Waals surface area (Å²) in [6, 6.07) is 9.56. The van der Waals surface area contributed by atoms with Gasteiger partial charge in [-0.3, -0.25) is 4.79 Å². The fourth-order valence-corrected chi connectivity index (χ4v) is 2.94. The van der Waals surface area contributed by atoms with E-state index >= 15 is 0 Å². The molecule has 1 aromatic carbocycles. The molecule has 0 aliphatic carbocycles. The van der Waals surface area contributed by atoms with Crippen molar-refractivity contribution in [2.45, 2.75) is 25.3 Å². The van der Waals surface area contributed by atoms with Crippen LogP contribution in [0.25, 0.3) is 0 Å². The van der Waals surface area contributed by atoms with Gasteiger partial charge in [-0.2, -0.15) is 0 Å². The Kier molecular flexibility index (Phi) is 4.96. The van der Waals surface area contributed by atoms with E-state index in [4.69, 9.17) is 10.2 Å². The molecule has 112 valence electrons. The molecule has 1 aromatic heterocycles. The van der Waals surface area contributed by atoms with Crippen LogP contribution in [-0.4, -0.2) is 23.6 Å². The number of benzene rings is 1. The number of nitrogens with two attached hydrogens (primary N) is 1. The molecular weight excluding hydrogens is 284 g/mol. The largest absolute Gasteiger partial charge is 0.464 e. The van der Waals surface area contributed by atoms with E-state index in [0.29, 0.717) is 12.3 Å². The molecule has 0 fully saturated rings. The molecule has 0 saturated carbocycles. The molecule has 0 spiro atoms. The third-order valence-corrected chi connectivity index (χ3v) is 4.44. The molecule has 2 aromatic rings. The smallest absolute Gasteiger partial charge is 0.233 e. The van der Waals surface area contributed by atoms with Gasteiger partial charge in [0, 0.05) is 17.6 Å². The maximum Gasteiger partial charge on any atom is 0.233 e. The number of rotatable bonds is 5. The van der Waals surface area contributed by atoms with E-state index in [1.54, 1.807) is 11.9 Å². The summed E-state index contributed by atoms with van der Waals surface area (Å²) in [5, 5.41) is 0. The monoisotopic (exact) mass is 304 g/mol. The van der Waals surface area contributed by atoms with Crippen molar-refractivity contribution in [2.24, 2.45) is 0 Å². The van der Waals surface area contributed by atoms with Gasteiger partial charge < -0.3 is 15.1 Å². The molecule has 1 amide bonds. The summed E-state index contributed by atoms with van der Waals surface area (Å²) in [5.74, 6) is 2.11. The Morgan fingerprint density at radius 3 is 2.71 bits per heavy atom. The minimum Gasteiger partial charge on any atom is -0.464 e. The molecule has 0 radical (unpaired) electrons. The summed E-state index contributed by atoms with van der Waals surface area (Å²) < 4.78 is 5.48. The molecule has 0 bridgehead atoms. The second-order valence-electron chi connectivity index (χ2n) is 5.02. The van der Waals surface area contributed by atoms with Gasteiger partial charge in [-0.1, -0.05) is 6.07 Å². The summed E-state index contributed by atoms with van der Waals surface area (Å²) >= 11 is 1.51. The van der Waals surface area contributed by atoms with E-state index in [9.17, 15) is 4.79 Å². The second kappa shape index (κ2) is 6.72. The van der Waals surface area contributed by atoms with E-state index in [1.807, 2.05) is 44.2 Å². The molecule has 5 heteroatoms. The maximum atomic E-state index is 12.2. The van der Waals surface area contributed by atoms with E-state index in [0.717, 1.165) is 27.7 Å². The Labute approximate surface area is 129 Å². The fourth-order valence-electron chi connectivity index (χ4n) is 1.93. The number of nitrogen functional groups attached to an aromatic ring is 1. The molecule has 2 N–H and O–H groups in total. The van der Waals surface area contributed by atoms with Crippen LogP contribution in [0.2, 0.25) is 0 Å². The number of hydrogen-bond acceptors (Lipinski definition) is 4. The van der Waals surface area contributed by atoms with Crippen LogP contribution in [0.1, 0.15) is 17.1 Å². The van der Waals surface area contributed by atoms with Gasteiger partial charge in [0.05, 0.1) is 12.3 Å². The van der Waals surface area contributed by atoms with Crippen molar-refractivity contribution in [1.82, 2.24) is 4.90 Å². The first kappa shape index (κ1) is 15.5. The standard InChI is InChI=1S/C16H20N2O2S/c1-11-7-8-13(20-11)9-18(3)16(19)10-21-15-6-4-5-14(17)12(15)2/h4-8H,9-10,17H2,1-3H3. The lowest BCUT2D eigenvalue weighted by Gasteiger charge is -2.16. The van der Waals surface area contributed by atoms with Crippen LogP contribution < -0.4 is 5.73 Å². The number of aryl methyl sites for hydroxylation is 1. The molecule has 0 unspecified atom stereocenters. The molecule has 0 aliphatic heterocycles. The molecule has 0 atom stereocenters. The third kappa shape index (κ3) is 4.04. The van der Waals surface area contributed by atoms with Gasteiger partial charge >= 0.3 is 0 Å². The lowest BCUT2D eigenvalue weighted by Crippen LogP contribution is -2.27. The van der Waals surface area contributed by atoms with Gasteiger partial charge in [-0.05, 0) is 43.7 Å². The molecule has 1 heterocycles. The van der Waals surface area contributed by atoms with E-state index in [2.05, 4.69) is 0 Å². The number of anilines is 1. The molecule has 4 nitrogen and oxygen atoms in total. The van der Waals surface area contributed by atoms with Crippen molar-refractivity contribution < 1.29 is 9.21 Å². The van der Waals surface area contributed by atoms with Crippen LogP contribution >= 0.6 is 11.8 Å². The van der Waals surface area contributed by atoms with Crippen molar-refractivity contribution in [1.29, 1.82) is 0 Å². The normalized spacial score (nSPS) is 10.6. The molecule has 0 saturated heterocycles. The number of carbonyl (C=O) groups is 1. The highest BCUT2D eigenvalue weighted by Crippen LogP contribution is 2.26. The predicted octanol–water partition coefficient (Wildman–Crippen LogP) is 3.23. The van der Waals surface area contributed by atoms with Crippen LogP contribution in [0, 0.1) is 13.8 Å². The van der Waals surface area contributed by atoms with Crippen LogP contribution in [0.5, 0.6) is 0 Å². The lowest BCUT2D eigenvalue weighted by molar-refractivity contribution is -0.127. The fraction of sp³-hybridized carbons (Fsp3) is 0.312.